The van der Waals surface area contributed by atoms with E-state index in [-0.39, 0.29) is 5.91 Å². The largest absolute Gasteiger partial charge is 0.298 e. The van der Waals surface area contributed by atoms with E-state index in [1.54, 1.807) is 10.7 Å². The molecule has 7 nitrogen and oxygen atoms in total. The van der Waals surface area contributed by atoms with E-state index in [1.807, 2.05) is 26.0 Å². The third-order valence-electron chi connectivity index (χ3n) is 4.11. The van der Waals surface area contributed by atoms with E-state index < -0.39 is 0 Å². The average molecular weight is 364 g/mol. The Labute approximate surface area is 153 Å². The Morgan fingerprint density at radius 2 is 1.96 bits per heavy atom. The molecule has 1 amide bonds. The minimum absolute atomic E-state index is 0.190. The summed E-state index contributed by atoms with van der Waals surface area (Å²) in [5.74, 6) is -0.190. The number of amides is 1. The van der Waals surface area contributed by atoms with Crippen LogP contribution in [0.4, 0.5) is 5.13 Å². The molecule has 26 heavy (non-hydrogen) atoms. The minimum atomic E-state index is -0.190. The van der Waals surface area contributed by atoms with Gasteiger partial charge in [-0.3, -0.25) is 10.1 Å². The fraction of sp³-hybridized carbons (Fsp3) is 0.167. The smallest absolute Gasteiger partial charge is 0.257 e. The third-order valence-corrected chi connectivity index (χ3v) is 5.02. The van der Waals surface area contributed by atoms with Gasteiger partial charge in [-0.05, 0) is 72.2 Å². The Morgan fingerprint density at radius 1 is 1.12 bits per heavy atom. The van der Waals surface area contributed by atoms with Crippen LogP contribution in [-0.4, -0.2) is 31.1 Å². The maximum atomic E-state index is 12.6. The zero-order valence-electron chi connectivity index (χ0n) is 14.5. The topological polar surface area (TPSA) is 85.6 Å². The molecule has 0 aliphatic heterocycles. The van der Waals surface area contributed by atoms with Crippen LogP contribution >= 0.6 is 11.3 Å². The fourth-order valence-corrected chi connectivity index (χ4v) is 3.96. The Kier molecular flexibility index (Phi) is 3.96. The summed E-state index contributed by atoms with van der Waals surface area (Å²) in [7, 11) is 0. The van der Waals surface area contributed by atoms with Crippen molar-refractivity contribution in [2.75, 3.05) is 5.32 Å². The van der Waals surface area contributed by atoms with Gasteiger partial charge in [0.2, 0.25) is 0 Å². The third kappa shape index (κ3) is 2.95. The number of hydrogen-bond donors (Lipinski definition) is 1. The Bertz CT molecular complexity index is 1120. The molecule has 0 radical (unpaired) electrons. The summed E-state index contributed by atoms with van der Waals surface area (Å²) in [6.07, 6.45) is 1.52. The molecule has 0 aliphatic carbocycles. The highest BCUT2D eigenvalue weighted by atomic mass is 32.1. The summed E-state index contributed by atoms with van der Waals surface area (Å²) in [5, 5.41) is 14.6. The number of rotatable bonds is 3. The molecule has 130 valence electrons. The first-order valence-corrected chi connectivity index (χ1v) is 8.86. The highest BCUT2D eigenvalue weighted by Gasteiger charge is 2.13. The fourth-order valence-electron chi connectivity index (χ4n) is 2.92. The summed E-state index contributed by atoms with van der Waals surface area (Å²) >= 11 is 1.48. The molecule has 0 unspecified atom stereocenters. The zero-order valence-corrected chi connectivity index (χ0v) is 15.3. The number of nitrogens with one attached hydrogen (secondary N) is 1. The van der Waals surface area contributed by atoms with Gasteiger partial charge in [-0.2, -0.15) is 0 Å². The van der Waals surface area contributed by atoms with E-state index in [0.717, 1.165) is 27.0 Å². The number of fused-ring (bicyclic) bond motifs is 1. The second-order valence-electron chi connectivity index (χ2n) is 6.16. The van der Waals surface area contributed by atoms with Crippen molar-refractivity contribution in [3.63, 3.8) is 0 Å². The maximum Gasteiger partial charge on any atom is 0.257 e. The van der Waals surface area contributed by atoms with Crippen LogP contribution in [0.2, 0.25) is 0 Å². The van der Waals surface area contributed by atoms with Crippen LogP contribution in [-0.2, 0) is 0 Å². The highest BCUT2D eigenvalue weighted by Crippen LogP contribution is 2.29. The summed E-state index contributed by atoms with van der Waals surface area (Å²) in [6.45, 7) is 6.00. The predicted octanol–water partition coefficient (Wildman–Crippen LogP) is 3.45. The molecule has 0 fully saturated rings. The molecule has 1 N–H and O–H groups in total. The second-order valence-corrected chi connectivity index (χ2v) is 7.19. The van der Waals surface area contributed by atoms with Crippen molar-refractivity contribution in [2.45, 2.75) is 20.8 Å². The predicted molar refractivity (Wildman–Crippen MR) is 101 cm³/mol. The van der Waals surface area contributed by atoms with E-state index in [9.17, 15) is 4.79 Å². The van der Waals surface area contributed by atoms with Gasteiger partial charge in [-0.15, -0.1) is 5.10 Å². The molecule has 4 rings (SSSR count). The number of anilines is 1. The quantitative estimate of drug-likeness (QED) is 0.602. The summed E-state index contributed by atoms with van der Waals surface area (Å²) < 4.78 is 2.64. The molecule has 0 saturated heterocycles. The molecule has 4 aromatic rings. The van der Waals surface area contributed by atoms with Crippen LogP contribution in [0, 0.1) is 20.8 Å². The van der Waals surface area contributed by atoms with E-state index in [4.69, 9.17) is 0 Å². The molecule has 8 heteroatoms. The molecular weight excluding hydrogens is 348 g/mol. The first-order valence-electron chi connectivity index (χ1n) is 8.04. The molecular formula is C18H16N6OS. The first-order chi connectivity index (χ1) is 12.5. The number of hydrogen-bond acceptors (Lipinski definition) is 6. The van der Waals surface area contributed by atoms with Crippen molar-refractivity contribution in [3.05, 3.63) is 58.9 Å². The van der Waals surface area contributed by atoms with Gasteiger partial charge in [-0.1, -0.05) is 17.4 Å². The van der Waals surface area contributed by atoms with Crippen molar-refractivity contribution in [3.8, 4) is 5.69 Å². The number of benzene rings is 2. The first kappa shape index (κ1) is 16.3. The maximum absolute atomic E-state index is 12.6. The number of aromatic nitrogens is 5. The minimum Gasteiger partial charge on any atom is -0.298 e. The van der Waals surface area contributed by atoms with Crippen molar-refractivity contribution >= 4 is 32.6 Å². The Morgan fingerprint density at radius 3 is 2.69 bits per heavy atom. The number of carbonyl (C=O) groups is 1. The lowest BCUT2D eigenvalue weighted by atomic mass is 10.1. The number of carbonyl (C=O) groups excluding carboxylic acids is 1. The molecule has 2 heterocycles. The van der Waals surface area contributed by atoms with E-state index in [2.05, 4.69) is 44.9 Å². The van der Waals surface area contributed by atoms with Gasteiger partial charge in [-0.25, -0.2) is 9.67 Å². The van der Waals surface area contributed by atoms with Gasteiger partial charge in [0.15, 0.2) is 5.13 Å². The standard InChI is InChI=1S/C18H16N6OS/c1-10-6-12(3)16-15(7-10)26-18(20-16)21-17(25)13-4-5-14(11(2)8-13)24-9-19-22-23-24/h4-9H,1-3H3,(H,20,21,25). The van der Waals surface area contributed by atoms with Gasteiger partial charge in [0.1, 0.15) is 6.33 Å². The lowest BCUT2D eigenvalue weighted by Crippen LogP contribution is -2.12. The number of nitrogens with zero attached hydrogens (tertiary/aromatic N) is 5. The summed E-state index contributed by atoms with van der Waals surface area (Å²) in [4.78, 5) is 17.2. The molecule has 0 bridgehead atoms. The average Bonchev–Trinajstić information content (AvgIpc) is 3.24. The molecule has 2 aromatic carbocycles. The number of aryl methyl sites for hydroxylation is 3. The van der Waals surface area contributed by atoms with Crippen LogP contribution in [0.5, 0.6) is 0 Å². The zero-order chi connectivity index (χ0) is 18.3. The number of tetrazole rings is 1. The molecule has 0 aliphatic rings. The molecule has 2 aromatic heterocycles. The van der Waals surface area contributed by atoms with Crippen molar-refractivity contribution in [2.24, 2.45) is 0 Å². The van der Waals surface area contributed by atoms with Crippen LogP contribution in [0.3, 0.4) is 0 Å². The van der Waals surface area contributed by atoms with Crippen LogP contribution < -0.4 is 5.32 Å². The van der Waals surface area contributed by atoms with E-state index >= 15 is 0 Å². The lowest BCUT2D eigenvalue weighted by molar-refractivity contribution is 0.102. The van der Waals surface area contributed by atoms with E-state index in [0.29, 0.717) is 10.7 Å². The van der Waals surface area contributed by atoms with Gasteiger partial charge < -0.3 is 0 Å². The Balaban J connectivity index is 1.60. The highest BCUT2D eigenvalue weighted by molar-refractivity contribution is 7.22. The van der Waals surface area contributed by atoms with Crippen LogP contribution in [0.25, 0.3) is 15.9 Å². The second kappa shape index (κ2) is 6.30. The van der Waals surface area contributed by atoms with Gasteiger partial charge in [0.05, 0.1) is 15.9 Å². The van der Waals surface area contributed by atoms with Crippen molar-refractivity contribution in [1.82, 2.24) is 25.2 Å². The van der Waals surface area contributed by atoms with Crippen LogP contribution in [0.1, 0.15) is 27.0 Å². The summed E-state index contributed by atoms with van der Waals surface area (Å²) in [6, 6.07) is 9.57. The normalized spacial score (nSPS) is 11.0. The lowest BCUT2D eigenvalue weighted by Gasteiger charge is -2.07. The van der Waals surface area contributed by atoms with Gasteiger partial charge >= 0.3 is 0 Å². The van der Waals surface area contributed by atoms with Crippen molar-refractivity contribution < 1.29 is 4.79 Å². The summed E-state index contributed by atoms with van der Waals surface area (Å²) in [5.41, 5.74) is 5.52. The van der Waals surface area contributed by atoms with Gasteiger partial charge in [0, 0.05) is 5.56 Å². The SMILES string of the molecule is Cc1cc(C)c2nc(NC(=O)c3ccc(-n4cnnn4)c(C)c3)sc2c1. The number of thiazole rings is 1. The molecule has 0 saturated carbocycles. The van der Waals surface area contributed by atoms with E-state index in [1.165, 1.54) is 23.2 Å². The van der Waals surface area contributed by atoms with Crippen molar-refractivity contribution in [1.29, 1.82) is 0 Å². The molecule has 0 spiro atoms. The van der Waals surface area contributed by atoms with Gasteiger partial charge in [0.25, 0.3) is 5.91 Å². The molecule has 0 atom stereocenters. The Hall–Kier alpha value is -3.13. The monoisotopic (exact) mass is 364 g/mol. The van der Waals surface area contributed by atoms with Crippen LogP contribution in [0.15, 0.2) is 36.7 Å².